The summed E-state index contributed by atoms with van der Waals surface area (Å²) in [7, 11) is -6.81. The predicted molar refractivity (Wildman–Crippen MR) is 63.7 cm³/mol. The van der Waals surface area contributed by atoms with Gasteiger partial charge in [-0.2, -0.15) is 0 Å². The van der Waals surface area contributed by atoms with Crippen LogP contribution in [0.5, 0.6) is 0 Å². The fraction of sp³-hybridized carbons (Fsp3) is 0.286. The van der Waals surface area contributed by atoms with E-state index in [4.69, 9.17) is 0 Å². The van der Waals surface area contributed by atoms with E-state index < -0.39 is 19.9 Å². The summed E-state index contributed by atoms with van der Waals surface area (Å²) in [5.74, 6) is 0. The molecule has 1 N–H and O–H groups in total. The van der Waals surface area contributed by atoms with Gasteiger partial charge in [0.05, 0.1) is 11.9 Å². The average Bonchev–Trinajstić information content (AvgIpc) is 2.16. The van der Waals surface area contributed by atoms with Gasteiger partial charge in [-0.25, -0.2) is 21.8 Å². The minimum atomic E-state index is -3.44. The van der Waals surface area contributed by atoms with E-state index in [9.17, 15) is 16.8 Å². The highest BCUT2D eigenvalue weighted by Crippen LogP contribution is 2.12. The van der Waals surface area contributed by atoms with Crippen LogP contribution < -0.4 is 4.72 Å². The van der Waals surface area contributed by atoms with E-state index in [1.165, 1.54) is 12.1 Å². The van der Waals surface area contributed by atoms with Gasteiger partial charge in [-0.3, -0.25) is 4.72 Å². The normalized spacial score (nSPS) is 12.4. The minimum absolute atomic E-state index is 0.103. The number of hydrogen-bond acceptors (Lipinski definition) is 5. The lowest BCUT2D eigenvalue weighted by molar-refractivity contribution is 0.598. The molecule has 90 valence electrons. The Balaban J connectivity index is 2.97. The Hall–Kier alpha value is -0.670. The van der Waals surface area contributed by atoms with Gasteiger partial charge in [-0.05, 0) is 12.1 Å². The highest BCUT2D eigenvalue weighted by atomic mass is 79.9. The third kappa shape index (κ3) is 3.72. The first-order valence-corrected chi connectivity index (χ1v) is 8.64. The average molecular weight is 329 g/mol. The van der Waals surface area contributed by atoms with Crippen molar-refractivity contribution in [2.45, 2.75) is 5.03 Å². The molecule has 0 atom stereocenters. The molecule has 0 radical (unpaired) electrons. The van der Waals surface area contributed by atoms with Crippen molar-refractivity contribution in [3.8, 4) is 0 Å². The second-order valence-corrected chi connectivity index (χ2v) is 7.97. The Kier molecular flexibility index (Phi) is 3.92. The number of rotatable bonds is 4. The summed E-state index contributed by atoms with van der Waals surface area (Å²) < 4.78 is 46.4. The van der Waals surface area contributed by atoms with Gasteiger partial charge < -0.3 is 0 Å². The number of nitrogens with one attached hydrogen (secondary N) is 1. The molecule has 0 bridgehead atoms. The molecule has 1 aromatic heterocycles. The maximum Gasteiger partial charge on any atom is 0.242 e. The van der Waals surface area contributed by atoms with Gasteiger partial charge in [0.2, 0.25) is 10.0 Å². The van der Waals surface area contributed by atoms with Gasteiger partial charge in [0, 0.05) is 6.26 Å². The largest absolute Gasteiger partial charge is 0.281 e. The maximum absolute atomic E-state index is 11.1. The molecule has 0 unspecified atom stereocenters. The van der Waals surface area contributed by atoms with Crippen molar-refractivity contribution in [2.24, 2.45) is 0 Å². The lowest BCUT2D eigenvalue weighted by Crippen LogP contribution is -2.13. The third-order valence-electron chi connectivity index (χ3n) is 1.53. The third-order valence-corrected chi connectivity index (χ3v) is 5.18. The second kappa shape index (κ2) is 4.68. The molecule has 0 saturated carbocycles. The SMILES string of the molecule is CS(=O)(=O)c1ccc(NS(=O)(=O)CBr)cn1. The Morgan fingerprint density at radius 1 is 1.31 bits per heavy atom. The quantitative estimate of drug-likeness (QED) is 0.816. The number of hydrogen-bond donors (Lipinski definition) is 1. The smallest absolute Gasteiger partial charge is 0.242 e. The molecule has 16 heavy (non-hydrogen) atoms. The van der Waals surface area contributed by atoms with E-state index in [1.807, 2.05) is 0 Å². The van der Waals surface area contributed by atoms with Crippen molar-refractivity contribution >= 4 is 41.5 Å². The topological polar surface area (TPSA) is 93.2 Å². The number of sulfone groups is 1. The molecular formula is C7H9BrN2O4S2. The van der Waals surface area contributed by atoms with Gasteiger partial charge in [0.25, 0.3) is 0 Å². The fourth-order valence-corrected chi connectivity index (χ4v) is 2.30. The number of sulfonamides is 1. The number of nitrogens with zero attached hydrogens (tertiary/aromatic N) is 1. The number of aromatic nitrogens is 1. The van der Waals surface area contributed by atoms with Gasteiger partial charge in [0.15, 0.2) is 14.9 Å². The summed E-state index contributed by atoms with van der Waals surface area (Å²) in [5.41, 5.74) is 0.215. The van der Waals surface area contributed by atoms with Crippen LogP contribution in [-0.4, -0.2) is 32.7 Å². The van der Waals surface area contributed by atoms with E-state index >= 15 is 0 Å². The van der Waals surface area contributed by atoms with E-state index in [1.54, 1.807) is 0 Å². The summed E-state index contributed by atoms with van der Waals surface area (Å²) in [5, 5.41) is -0.103. The van der Waals surface area contributed by atoms with Crippen molar-refractivity contribution < 1.29 is 16.8 Å². The fourth-order valence-electron chi connectivity index (χ4n) is 0.867. The zero-order chi connectivity index (χ0) is 12.4. The summed E-state index contributed by atoms with van der Waals surface area (Å²) >= 11 is 2.81. The highest BCUT2D eigenvalue weighted by Gasteiger charge is 2.11. The van der Waals surface area contributed by atoms with Gasteiger partial charge in [-0.15, -0.1) is 0 Å². The molecule has 6 nitrogen and oxygen atoms in total. The molecule has 1 heterocycles. The molecule has 0 amide bonds. The van der Waals surface area contributed by atoms with Crippen molar-refractivity contribution in [1.82, 2.24) is 4.98 Å². The second-order valence-electron chi connectivity index (χ2n) is 2.98. The number of anilines is 1. The van der Waals surface area contributed by atoms with Crippen LogP contribution in [-0.2, 0) is 19.9 Å². The van der Waals surface area contributed by atoms with E-state index in [-0.39, 0.29) is 15.4 Å². The zero-order valence-electron chi connectivity index (χ0n) is 8.21. The minimum Gasteiger partial charge on any atom is -0.281 e. The molecule has 0 saturated heterocycles. The molecule has 0 spiro atoms. The van der Waals surface area contributed by atoms with Crippen LogP contribution in [0.2, 0.25) is 0 Å². The number of pyridine rings is 1. The molecule has 1 aromatic rings. The van der Waals surface area contributed by atoms with Crippen molar-refractivity contribution in [1.29, 1.82) is 0 Å². The summed E-state index contributed by atoms with van der Waals surface area (Å²) in [6.07, 6.45) is 2.17. The molecule has 0 fully saturated rings. The first-order chi connectivity index (χ1) is 7.24. The Morgan fingerprint density at radius 3 is 2.31 bits per heavy atom. The van der Waals surface area contributed by atoms with Gasteiger partial charge in [-0.1, -0.05) is 15.9 Å². The lowest BCUT2D eigenvalue weighted by atomic mass is 10.4. The lowest BCUT2D eigenvalue weighted by Gasteiger charge is -2.04. The summed E-state index contributed by atoms with van der Waals surface area (Å²) in [4.78, 5) is 3.64. The van der Waals surface area contributed by atoms with Crippen molar-refractivity contribution in [2.75, 3.05) is 15.6 Å². The highest BCUT2D eigenvalue weighted by molar-refractivity contribution is 9.10. The van der Waals surface area contributed by atoms with Crippen LogP contribution in [0.25, 0.3) is 0 Å². The molecule has 0 aliphatic heterocycles. The Labute approximate surface area is 102 Å². The summed E-state index contributed by atoms with van der Waals surface area (Å²) in [6.45, 7) is 0. The van der Waals surface area contributed by atoms with Crippen LogP contribution in [0, 0.1) is 0 Å². The van der Waals surface area contributed by atoms with Crippen LogP contribution in [0.1, 0.15) is 0 Å². The molecule has 0 aliphatic rings. The summed E-state index contributed by atoms with van der Waals surface area (Å²) in [6, 6.07) is 2.57. The van der Waals surface area contributed by atoms with Crippen LogP contribution in [0.15, 0.2) is 23.4 Å². The predicted octanol–water partition coefficient (Wildman–Crippen LogP) is 0.579. The van der Waals surface area contributed by atoms with Crippen LogP contribution >= 0.6 is 15.9 Å². The first kappa shape index (κ1) is 13.4. The Bertz CT molecular complexity index is 565. The van der Waals surface area contributed by atoms with E-state index in [0.29, 0.717) is 0 Å². The Morgan fingerprint density at radius 2 is 1.94 bits per heavy atom. The zero-order valence-corrected chi connectivity index (χ0v) is 11.4. The molecule has 0 aromatic carbocycles. The van der Waals surface area contributed by atoms with E-state index in [2.05, 4.69) is 25.6 Å². The number of alkyl halides is 1. The standard InChI is InChI=1S/C7H9BrN2O4S2/c1-15(11,12)7-3-2-6(4-9-7)10-16(13,14)5-8/h2-4,10H,5H2,1H3. The van der Waals surface area contributed by atoms with Gasteiger partial charge in [0.1, 0.15) is 4.66 Å². The molecular weight excluding hydrogens is 320 g/mol. The van der Waals surface area contributed by atoms with Gasteiger partial charge >= 0.3 is 0 Å². The number of halogens is 1. The van der Waals surface area contributed by atoms with E-state index in [0.717, 1.165) is 12.5 Å². The van der Waals surface area contributed by atoms with Crippen molar-refractivity contribution in [3.05, 3.63) is 18.3 Å². The van der Waals surface area contributed by atoms with Crippen LogP contribution in [0.4, 0.5) is 5.69 Å². The van der Waals surface area contributed by atoms with Crippen LogP contribution in [0.3, 0.4) is 0 Å². The van der Waals surface area contributed by atoms with Crippen molar-refractivity contribution in [3.63, 3.8) is 0 Å². The molecule has 0 aliphatic carbocycles. The first-order valence-electron chi connectivity index (χ1n) is 3.97. The monoisotopic (exact) mass is 328 g/mol. The molecule has 9 heteroatoms. The molecule has 1 rings (SSSR count). The maximum atomic E-state index is 11.1.